The molecule has 0 aliphatic rings. The molecule has 0 fully saturated rings. The summed E-state index contributed by atoms with van der Waals surface area (Å²) in [7, 11) is 1.66. The number of imidazole rings is 1. The Kier molecular flexibility index (Phi) is 4.42. The van der Waals surface area contributed by atoms with E-state index in [0.29, 0.717) is 12.1 Å². The van der Waals surface area contributed by atoms with Crippen molar-refractivity contribution in [1.29, 1.82) is 0 Å². The molecule has 0 atom stereocenters. The van der Waals surface area contributed by atoms with Gasteiger partial charge >= 0.3 is 0 Å². The zero-order valence-electron chi connectivity index (χ0n) is 15.3. The summed E-state index contributed by atoms with van der Waals surface area (Å²) in [5.74, 6) is 1.90. The molecule has 2 aromatic carbocycles. The molecule has 0 spiro atoms. The van der Waals surface area contributed by atoms with Gasteiger partial charge in [-0.1, -0.05) is 30.3 Å². The lowest BCUT2D eigenvalue weighted by atomic mass is 10.1. The van der Waals surface area contributed by atoms with E-state index in [2.05, 4.69) is 5.32 Å². The lowest BCUT2D eigenvalue weighted by Crippen LogP contribution is -2.03. The highest BCUT2D eigenvalue weighted by Gasteiger charge is 2.16. The van der Waals surface area contributed by atoms with E-state index in [-0.39, 0.29) is 5.75 Å². The van der Waals surface area contributed by atoms with Gasteiger partial charge in [0, 0.05) is 18.3 Å². The maximum Gasteiger partial charge on any atom is 0.139 e. The number of aryl methyl sites for hydroxylation is 1. The molecule has 0 unspecified atom stereocenters. The SMILES string of the molecule is COc1ccc(CNc2c(-c3ccccc3O)nc3ccc(C)cn23)cc1. The van der Waals surface area contributed by atoms with Crippen molar-refractivity contribution in [2.45, 2.75) is 13.5 Å². The van der Waals surface area contributed by atoms with Gasteiger partial charge < -0.3 is 15.2 Å². The predicted molar refractivity (Wildman–Crippen MR) is 107 cm³/mol. The van der Waals surface area contributed by atoms with Gasteiger partial charge in [-0.15, -0.1) is 0 Å². The number of benzene rings is 2. The summed E-state index contributed by atoms with van der Waals surface area (Å²) in [6, 6.07) is 19.2. The van der Waals surface area contributed by atoms with Gasteiger partial charge in [0.15, 0.2) is 0 Å². The summed E-state index contributed by atoms with van der Waals surface area (Å²) < 4.78 is 7.25. The van der Waals surface area contributed by atoms with Gasteiger partial charge in [0.1, 0.15) is 28.7 Å². The Balaban J connectivity index is 1.76. The van der Waals surface area contributed by atoms with Crippen LogP contribution in [0.25, 0.3) is 16.9 Å². The normalized spacial score (nSPS) is 10.9. The number of aromatic hydroxyl groups is 1. The minimum absolute atomic E-state index is 0.213. The van der Waals surface area contributed by atoms with Crippen molar-refractivity contribution < 1.29 is 9.84 Å². The van der Waals surface area contributed by atoms with Crippen LogP contribution in [0.5, 0.6) is 11.5 Å². The van der Waals surface area contributed by atoms with Crippen molar-refractivity contribution >= 4 is 11.5 Å². The van der Waals surface area contributed by atoms with Gasteiger partial charge in [-0.2, -0.15) is 0 Å². The summed E-state index contributed by atoms with van der Waals surface area (Å²) in [5, 5.41) is 13.8. The number of hydrogen-bond donors (Lipinski definition) is 2. The van der Waals surface area contributed by atoms with E-state index >= 15 is 0 Å². The molecule has 4 rings (SSSR count). The number of phenolic OH excluding ortho intramolecular Hbond substituents is 1. The van der Waals surface area contributed by atoms with Crippen molar-refractivity contribution in [2.24, 2.45) is 0 Å². The average Bonchev–Trinajstić information content (AvgIpc) is 3.04. The molecule has 5 heteroatoms. The lowest BCUT2D eigenvalue weighted by Gasteiger charge is -2.10. The quantitative estimate of drug-likeness (QED) is 0.545. The highest BCUT2D eigenvalue weighted by molar-refractivity contribution is 5.80. The first-order valence-electron chi connectivity index (χ1n) is 8.79. The molecule has 0 amide bonds. The molecule has 5 nitrogen and oxygen atoms in total. The first kappa shape index (κ1) is 17.0. The molecule has 4 aromatic rings. The fourth-order valence-corrected chi connectivity index (χ4v) is 3.11. The van der Waals surface area contributed by atoms with Crippen LogP contribution in [0, 0.1) is 6.92 Å². The Hall–Kier alpha value is -3.47. The number of aromatic nitrogens is 2. The molecule has 0 saturated heterocycles. The minimum Gasteiger partial charge on any atom is -0.507 e. The highest BCUT2D eigenvalue weighted by atomic mass is 16.5. The van der Waals surface area contributed by atoms with Gasteiger partial charge in [-0.3, -0.25) is 4.40 Å². The minimum atomic E-state index is 0.213. The first-order valence-corrected chi connectivity index (χ1v) is 8.79. The number of rotatable bonds is 5. The van der Waals surface area contributed by atoms with Crippen molar-refractivity contribution in [1.82, 2.24) is 9.38 Å². The number of fused-ring (bicyclic) bond motifs is 1. The zero-order chi connectivity index (χ0) is 18.8. The predicted octanol–water partition coefficient (Wildman–Crippen LogP) is 4.64. The summed E-state index contributed by atoms with van der Waals surface area (Å²) in [5.41, 5.74) is 4.53. The Labute approximate surface area is 157 Å². The van der Waals surface area contributed by atoms with Crippen LogP contribution >= 0.6 is 0 Å². The van der Waals surface area contributed by atoms with E-state index in [1.54, 1.807) is 13.2 Å². The fourth-order valence-electron chi connectivity index (χ4n) is 3.11. The monoisotopic (exact) mass is 359 g/mol. The Morgan fingerprint density at radius 1 is 1.04 bits per heavy atom. The molecule has 2 aromatic heterocycles. The van der Waals surface area contributed by atoms with E-state index in [4.69, 9.17) is 9.72 Å². The number of ether oxygens (including phenoxy) is 1. The smallest absolute Gasteiger partial charge is 0.139 e. The van der Waals surface area contributed by atoms with Crippen LogP contribution in [0.3, 0.4) is 0 Å². The van der Waals surface area contributed by atoms with E-state index in [0.717, 1.165) is 34.0 Å². The Bertz CT molecular complexity index is 1080. The zero-order valence-corrected chi connectivity index (χ0v) is 15.3. The van der Waals surface area contributed by atoms with Crippen LogP contribution in [0.4, 0.5) is 5.82 Å². The maximum atomic E-state index is 10.3. The number of nitrogens with one attached hydrogen (secondary N) is 1. The second kappa shape index (κ2) is 7.03. The topological polar surface area (TPSA) is 58.8 Å². The van der Waals surface area contributed by atoms with Crippen LogP contribution in [0.1, 0.15) is 11.1 Å². The number of phenols is 1. The maximum absolute atomic E-state index is 10.3. The molecule has 0 radical (unpaired) electrons. The number of para-hydroxylation sites is 1. The second-order valence-corrected chi connectivity index (χ2v) is 6.46. The number of anilines is 1. The van der Waals surface area contributed by atoms with Crippen molar-refractivity contribution in [3.63, 3.8) is 0 Å². The standard InChI is InChI=1S/C22H21N3O2/c1-15-7-12-20-24-21(18-5-3-4-6-19(18)26)22(25(20)14-15)23-13-16-8-10-17(27-2)11-9-16/h3-12,14,23,26H,13H2,1-2H3. The van der Waals surface area contributed by atoms with Gasteiger partial charge in [-0.05, 0) is 48.4 Å². The summed E-state index contributed by atoms with van der Waals surface area (Å²) >= 11 is 0. The van der Waals surface area contributed by atoms with Crippen LogP contribution in [-0.4, -0.2) is 21.6 Å². The first-order chi connectivity index (χ1) is 13.2. The van der Waals surface area contributed by atoms with E-state index in [1.807, 2.05) is 72.1 Å². The molecule has 2 heterocycles. The van der Waals surface area contributed by atoms with Crippen molar-refractivity contribution in [2.75, 3.05) is 12.4 Å². The molecule has 27 heavy (non-hydrogen) atoms. The van der Waals surface area contributed by atoms with E-state index in [1.165, 1.54) is 0 Å². The number of nitrogens with zero attached hydrogens (tertiary/aromatic N) is 2. The third-order valence-corrected chi connectivity index (χ3v) is 4.54. The van der Waals surface area contributed by atoms with Crippen LogP contribution in [0.2, 0.25) is 0 Å². The van der Waals surface area contributed by atoms with Gasteiger partial charge in [0.2, 0.25) is 0 Å². The molecule has 2 N–H and O–H groups in total. The Morgan fingerprint density at radius 3 is 2.56 bits per heavy atom. The highest BCUT2D eigenvalue weighted by Crippen LogP contribution is 2.34. The van der Waals surface area contributed by atoms with Gasteiger partial charge in [-0.25, -0.2) is 4.98 Å². The van der Waals surface area contributed by atoms with Crippen LogP contribution < -0.4 is 10.1 Å². The second-order valence-electron chi connectivity index (χ2n) is 6.46. The molecule has 0 aliphatic carbocycles. The van der Waals surface area contributed by atoms with Gasteiger partial charge in [0.05, 0.1) is 7.11 Å². The van der Waals surface area contributed by atoms with Crippen LogP contribution in [0.15, 0.2) is 66.9 Å². The third kappa shape index (κ3) is 3.31. The average molecular weight is 359 g/mol. The van der Waals surface area contributed by atoms with Crippen LogP contribution in [-0.2, 0) is 6.54 Å². The molecule has 0 bridgehead atoms. The largest absolute Gasteiger partial charge is 0.507 e. The molecule has 0 aliphatic heterocycles. The fraction of sp³-hybridized carbons (Fsp3) is 0.136. The summed E-state index contributed by atoms with van der Waals surface area (Å²) in [6.07, 6.45) is 2.04. The van der Waals surface area contributed by atoms with Gasteiger partial charge in [0.25, 0.3) is 0 Å². The number of hydrogen-bond acceptors (Lipinski definition) is 4. The third-order valence-electron chi connectivity index (χ3n) is 4.54. The number of methoxy groups -OCH3 is 1. The van der Waals surface area contributed by atoms with E-state index < -0.39 is 0 Å². The molecular formula is C22H21N3O2. The van der Waals surface area contributed by atoms with Crippen molar-refractivity contribution in [3.8, 4) is 22.8 Å². The number of pyridine rings is 1. The van der Waals surface area contributed by atoms with E-state index in [9.17, 15) is 5.11 Å². The molecule has 0 saturated carbocycles. The summed E-state index contributed by atoms with van der Waals surface area (Å²) in [6.45, 7) is 2.68. The molecular weight excluding hydrogens is 338 g/mol. The summed E-state index contributed by atoms with van der Waals surface area (Å²) in [4.78, 5) is 4.74. The molecule has 136 valence electrons. The lowest BCUT2D eigenvalue weighted by molar-refractivity contribution is 0.414. The Morgan fingerprint density at radius 2 is 1.81 bits per heavy atom. The van der Waals surface area contributed by atoms with Crippen molar-refractivity contribution in [3.05, 3.63) is 78.0 Å².